The Labute approximate surface area is 76.3 Å². The summed E-state index contributed by atoms with van der Waals surface area (Å²) >= 11 is 0. The molecule has 68 valence electrons. The van der Waals surface area contributed by atoms with Crippen LogP contribution in [0.15, 0.2) is 36.9 Å². The maximum absolute atomic E-state index is 10.7. The number of rotatable bonds is 3. The Kier molecular flexibility index (Phi) is 3.09. The van der Waals surface area contributed by atoms with Crippen LogP contribution in [0.2, 0.25) is 0 Å². The number of carbonyl (C=O) groups is 1. The van der Waals surface area contributed by atoms with Crippen molar-refractivity contribution in [2.24, 2.45) is 0 Å². The molecule has 0 aliphatic rings. The van der Waals surface area contributed by atoms with Crippen LogP contribution in [0, 0.1) is 0 Å². The fraction of sp³-hybridized carbons (Fsp3) is 0.100. The largest absolute Gasteiger partial charge is 0.508 e. The zero-order valence-corrected chi connectivity index (χ0v) is 7.06. The molecule has 3 heteroatoms. The zero-order valence-electron chi connectivity index (χ0n) is 7.06. The number of phenolic OH excluding ortho intramolecular Hbond substituents is 1. The van der Waals surface area contributed by atoms with Crippen LogP contribution in [0.5, 0.6) is 5.75 Å². The normalized spacial score (nSPS) is 9.23. The van der Waals surface area contributed by atoms with E-state index >= 15 is 0 Å². The first kappa shape index (κ1) is 9.32. The molecule has 0 saturated carbocycles. The standard InChI is InChI=1S/C10H10O3/c1-2-10(12)13-7-8-4-3-5-9(11)6-8/h2-6,11H,1,7H2. The van der Waals surface area contributed by atoms with Gasteiger partial charge >= 0.3 is 5.97 Å². The van der Waals surface area contributed by atoms with Gasteiger partial charge in [-0.1, -0.05) is 18.7 Å². The summed E-state index contributed by atoms with van der Waals surface area (Å²) in [6, 6.07) is 6.54. The van der Waals surface area contributed by atoms with Gasteiger partial charge in [0, 0.05) is 6.08 Å². The highest BCUT2D eigenvalue weighted by Gasteiger charge is 1.97. The van der Waals surface area contributed by atoms with Crippen LogP contribution in [0.25, 0.3) is 0 Å². The molecule has 0 unspecified atom stereocenters. The molecule has 1 rings (SSSR count). The van der Waals surface area contributed by atoms with E-state index in [1.54, 1.807) is 18.2 Å². The minimum absolute atomic E-state index is 0.152. The number of aromatic hydroxyl groups is 1. The average molecular weight is 178 g/mol. The third kappa shape index (κ3) is 2.99. The van der Waals surface area contributed by atoms with Gasteiger partial charge in [0.2, 0.25) is 0 Å². The fourth-order valence-corrected chi connectivity index (χ4v) is 0.860. The molecule has 0 heterocycles. The molecule has 0 aliphatic heterocycles. The Balaban J connectivity index is 2.54. The van der Waals surface area contributed by atoms with E-state index in [0.717, 1.165) is 11.6 Å². The summed E-state index contributed by atoms with van der Waals surface area (Å²) in [7, 11) is 0. The maximum Gasteiger partial charge on any atom is 0.330 e. The Bertz CT molecular complexity index is 318. The average Bonchev–Trinajstić information content (AvgIpc) is 2.14. The van der Waals surface area contributed by atoms with Crippen molar-refractivity contribution >= 4 is 5.97 Å². The number of phenols is 1. The number of ether oxygens (including phenoxy) is 1. The van der Waals surface area contributed by atoms with Crippen LogP contribution >= 0.6 is 0 Å². The van der Waals surface area contributed by atoms with Crippen LogP contribution < -0.4 is 0 Å². The van der Waals surface area contributed by atoms with Crippen molar-refractivity contribution in [3.63, 3.8) is 0 Å². The van der Waals surface area contributed by atoms with E-state index in [4.69, 9.17) is 9.84 Å². The summed E-state index contributed by atoms with van der Waals surface area (Å²) in [6.45, 7) is 3.42. The Morgan fingerprint density at radius 3 is 3.00 bits per heavy atom. The minimum atomic E-state index is -0.469. The van der Waals surface area contributed by atoms with E-state index in [1.807, 2.05) is 0 Å². The summed E-state index contributed by atoms with van der Waals surface area (Å²) in [5.41, 5.74) is 0.746. The predicted octanol–water partition coefficient (Wildman–Crippen LogP) is 1.62. The number of hydrogen-bond acceptors (Lipinski definition) is 3. The first-order chi connectivity index (χ1) is 6.22. The Hall–Kier alpha value is -1.77. The van der Waals surface area contributed by atoms with E-state index < -0.39 is 5.97 Å². The summed E-state index contributed by atoms with van der Waals surface area (Å²) < 4.78 is 4.76. The van der Waals surface area contributed by atoms with Crippen LogP contribution in [0.3, 0.4) is 0 Å². The molecule has 0 fully saturated rings. The van der Waals surface area contributed by atoms with Crippen molar-refractivity contribution in [1.29, 1.82) is 0 Å². The number of esters is 1. The molecule has 1 aromatic carbocycles. The highest BCUT2D eigenvalue weighted by Crippen LogP contribution is 2.11. The topological polar surface area (TPSA) is 46.5 Å². The molecule has 0 saturated heterocycles. The molecule has 13 heavy (non-hydrogen) atoms. The molecule has 3 nitrogen and oxygen atoms in total. The second kappa shape index (κ2) is 4.30. The molecular weight excluding hydrogens is 168 g/mol. The Morgan fingerprint density at radius 2 is 2.38 bits per heavy atom. The third-order valence-electron chi connectivity index (χ3n) is 1.46. The lowest BCUT2D eigenvalue weighted by atomic mass is 10.2. The SMILES string of the molecule is C=CC(=O)OCc1cccc(O)c1. The molecule has 0 radical (unpaired) electrons. The lowest BCUT2D eigenvalue weighted by molar-refractivity contribution is -0.138. The monoisotopic (exact) mass is 178 g/mol. The summed E-state index contributed by atoms with van der Waals surface area (Å²) in [5.74, 6) is -0.310. The van der Waals surface area contributed by atoms with E-state index in [1.165, 1.54) is 6.07 Å². The minimum Gasteiger partial charge on any atom is -0.508 e. The van der Waals surface area contributed by atoms with Gasteiger partial charge in [-0.2, -0.15) is 0 Å². The van der Waals surface area contributed by atoms with Crippen LogP contribution in [0.1, 0.15) is 5.56 Å². The maximum atomic E-state index is 10.7. The molecule has 0 amide bonds. The lowest BCUT2D eigenvalue weighted by Gasteiger charge is -2.01. The molecule has 1 aromatic rings. The van der Waals surface area contributed by atoms with Gasteiger partial charge in [-0.3, -0.25) is 0 Å². The van der Waals surface area contributed by atoms with Gasteiger partial charge in [-0.25, -0.2) is 4.79 Å². The smallest absolute Gasteiger partial charge is 0.330 e. The van der Waals surface area contributed by atoms with Crippen molar-refractivity contribution in [3.8, 4) is 5.75 Å². The first-order valence-electron chi connectivity index (χ1n) is 3.79. The van der Waals surface area contributed by atoms with Gasteiger partial charge in [-0.05, 0) is 17.7 Å². The Morgan fingerprint density at radius 1 is 1.62 bits per heavy atom. The second-order valence-electron chi connectivity index (χ2n) is 2.48. The van der Waals surface area contributed by atoms with Gasteiger partial charge in [0.25, 0.3) is 0 Å². The van der Waals surface area contributed by atoms with Crippen LogP contribution in [-0.4, -0.2) is 11.1 Å². The van der Waals surface area contributed by atoms with Gasteiger partial charge in [0.15, 0.2) is 0 Å². The first-order valence-corrected chi connectivity index (χ1v) is 3.79. The fourth-order valence-electron chi connectivity index (χ4n) is 0.860. The van der Waals surface area contributed by atoms with Crippen molar-refractivity contribution in [1.82, 2.24) is 0 Å². The van der Waals surface area contributed by atoms with E-state index in [9.17, 15) is 4.79 Å². The van der Waals surface area contributed by atoms with Gasteiger partial charge in [-0.15, -0.1) is 0 Å². The van der Waals surface area contributed by atoms with Crippen LogP contribution in [-0.2, 0) is 16.1 Å². The molecule has 0 atom stereocenters. The number of hydrogen-bond donors (Lipinski definition) is 1. The third-order valence-corrected chi connectivity index (χ3v) is 1.46. The summed E-state index contributed by atoms with van der Waals surface area (Å²) in [4.78, 5) is 10.7. The second-order valence-corrected chi connectivity index (χ2v) is 2.48. The highest BCUT2D eigenvalue weighted by molar-refractivity contribution is 5.81. The van der Waals surface area contributed by atoms with Crippen molar-refractivity contribution in [2.45, 2.75) is 6.61 Å². The van der Waals surface area contributed by atoms with E-state index in [0.29, 0.717) is 0 Å². The van der Waals surface area contributed by atoms with Crippen LogP contribution in [0.4, 0.5) is 0 Å². The lowest BCUT2D eigenvalue weighted by Crippen LogP contribution is -1.99. The van der Waals surface area contributed by atoms with Gasteiger partial charge < -0.3 is 9.84 Å². The number of carbonyl (C=O) groups excluding carboxylic acids is 1. The highest BCUT2D eigenvalue weighted by atomic mass is 16.5. The molecule has 1 N–H and O–H groups in total. The molecular formula is C10H10O3. The quantitative estimate of drug-likeness (QED) is 0.565. The molecule has 0 aromatic heterocycles. The summed E-state index contributed by atoms with van der Waals surface area (Å²) in [5, 5.41) is 9.07. The van der Waals surface area contributed by atoms with Crippen molar-refractivity contribution < 1.29 is 14.6 Å². The van der Waals surface area contributed by atoms with Crippen molar-refractivity contribution in [3.05, 3.63) is 42.5 Å². The predicted molar refractivity (Wildman–Crippen MR) is 48.1 cm³/mol. The molecule has 0 aliphatic carbocycles. The number of benzene rings is 1. The van der Waals surface area contributed by atoms with Gasteiger partial charge in [0.05, 0.1) is 0 Å². The van der Waals surface area contributed by atoms with E-state index in [2.05, 4.69) is 6.58 Å². The molecule has 0 bridgehead atoms. The van der Waals surface area contributed by atoms with Crippen molar-refractivity contribution in [2.75, 3.05) is 0 Å². The zero-order chi connectivity index (χ0) is 9.68. The van der Waals surface area contributed by atoms with E-state index in [-0.39, 0.29) is 12.4 Å². The summed E-state index contributed by atoms with van der Waals surface area (Å²) in [6.07, 6.45) is 1.10. The molecule has 0 spiro atoms. The van der Waals surface area contributed by atoms with Gasteiger partial charge in [0.1, 0.15) is 12.4 Å².